The Morgan fingerprint density at radius 2 is 1.00 bits per heavy atom. The summed E-state index contributed by atoms with van der Waals surface area (Å²) in [6.07, 6.45) is 2.68. The normalized spacial score (nSPS) is 27.0. The number of rotatable bonds is 0. The zero-order valence-corrected chi connectivity index (χ0v) is 16.8. The summed E-state index contributed by atoms with van der Waals surface area (Å²) in [7, 11) is 0. The van der Waals surface area contributed by atoms with Crippen LogP contribution in [0.25, 0.3) is 0 Å². The molecule has 156 valence electrons. The Labute approximate surface area is 163 Å². The quantitative estimate of drug-likeness (QED) is 0.635. The molecule has 0 aliphatic carbocycles. The third-order valence-corrected chi connectivity index (χ3v) is 6.41. The fourth-order valence-electron chi connectivity index (χ4n) is 4.14. The maximum Gasteiger partial charge on any atom is 0.0569 e. The molecule has 4 rings (SSSR count). The minimum atomic E-state index is 0. The Balaban J connectivity index is 0.000000244. The van der Waals surface area contributed by atoms with Gasteiger partial charge in [-0.15, -0.1) is 0 Å². The summed E-state index contributed by atoms with van der Waals surface area (Å²) in [6, 6.07) is 0. The van der Waals surface area contributed by atoms with Gasteiger partial charge in [0.05, 0.1) is 26.4 Å². The summed E-state index contributed by atoms with van der Waals surface area (Å²) in [5.41, 5.74) is 1.88. The molecule has 0 atom stereocenters. The van der Waals surface area contributed by atoms with Crippen molar-refractivity contribution >= 4 is 0 Å². The number of nitrogens with zero attached hydrogens (tertiary/aromatic N) is 2. The zero-order chi connectivity index (χ0) is 17.6. The van der Waals surface area contributed by atoms with E-state index in [2.05, 4.69) is 51.3 Å². The molecule has 4 fully saturated rings. The maximum absolute atomic E-state index is 5.32. The predicted octanol–water partition coefficient (Wildman–Crippen LogP) is 4.29. The monoisotopic (exact) mass is 370 g/mol. The van der Waals surface area contributed by atoms with Crippen LogP contribution >= 0.6 is 0 Å². The Morgan fingerprint density at radius 1 is 0.615 bits per heavy atom. The van der Waals surface area contributed by atoms with Gasteiger partial charge in [-0.05, 0) is 67.5 Å². The van der Waals surface area contributed by atoms with E-state index in [-0.39, 0.29) is 14.9 Å². The third kappa shape index (κ3) is 5.01. The van der Waals surface area contributed by atoms with Crippen molar-refractivity contribution in [2.75, 3.05) is 52.6 Å². The van der Waals surface area contributed by atoms with Gasteiger partial charge in [0.2, 0.25) is 0 Å². The number of hydrogen-bond donors (Lipinski definition) is 0. The van der Waals surface area contributed by atoms with Crippen molar-refractivity contribution in [3.8, 4) is 0 Å². The second kappa shape index (κ2) is 8.06. The van der Waals surface area contributed by atoms with E-state index in [0.717, 1.165) is 26.4 Å². The number of piperidine rings is 1. The lowest BCUT2D eigenvalue weighted by Gasteiger charge is -2.59. The van der Waals surface area contributed by atoms with Gasteiger partial charge in [0.1, 0.15) is 0 Å². The number of likely N-dealkylation sites (tertiary alicyclic amines) is 2. The van der Waals surface area contributed by atoms with Crippen molar-refractivity contribution in [2.45, 2.75) is 80.3 Å². The lowest BCUT2D eigenvalue weighted by atomic mass is 9.75. The van der Waals surface area contributed by atoms with E-state index >= 15 is 0 Å². The maximum atomic E-state index is 5.32. The summed E-state index contributed by atoms with van der Waals surface area (Å²) in [5.74, 6) is 0. The number of ether oxygens (including phenoxy) is 2. The van der Waals surface area contributed by atoms with E-state index in [1.165, 1.54) is 39.0 Å². The van der Waals surface area contributed by atoms with Gasteiger partial charge < -0.3 is 9.47 Å². The Hall–Kier alpha value is -0.160. The molecule has 0 N–H and O–H groups in total. The first-order chi connectivity index (χ1) is 11.0. The van der Waals surface area contributed by atoms with Crippen LogP contribution in [0.5, 0.6) is 0 Å². The Morgan fingerprint density at radius 3 is 1.27 bits per heavy atom. The minimum Gasteiger partial charge on any atom is -0.380 e. The summed E-state index contributed by atoms with van der Waals surface area (Å²) in [4.78, 5) is 5.12. The van der Waals surface area contributed by atoms with Crippen molar-refractivity contribution in [3.63, 3.8) is 0 Å². The fourth-order valence-corrected chi connectivity index (χ4v) is 4.14. The van der Waals surface area contributed by atoms with E-state index in [1.807, 2.05) is 0 Å². The van der Waals surface area contributed by atoms with E-state index in [4.69, 9.17) is 9.47 Å². The van der Waals surface area contributed by atoms with E-state index in [1.54, 1.807) is 0 Å². The molecule has 0 aromatic carbocycles. The highest BCUT2D eigenvalue weighted by atomic mass is 16.5. The SMILES string of the molecule is C.C.CC(C)(C)N1CC2(COC2)C1.CC(C)(C)N1CCC2(CC1)COC2. The van der Waals surface area contributed by atoms with Crippen molar-refractivity contribution < 1.29 is 9.47 Å². The third-order valence-electron chi connectivity index (χ3n) is 6.41. The smallest absolute Gasteiger partial charge is 0.0569 e. The first kappa shape index (κ1) is 23.9. The summed E-state index contributed by atoms with van der Waals surface area (Å²) >= 11 is 0. The molecule has 0 amide bonds. The highest BCUT2D eigenvalue weighted by Gasteiger charge is 2.51. The van der Waals surface area contributed by atoms with Crippen LogP contribution in [0, 0.1) is 10.8 Å². The molecular formula is C22H46N2O2. The van der Waals surface area contributed by atoms with E-state index in [0.29, 0.717) is 21.9 Å². The largest absolute Gasteiger partial charge is 0.380 e. The van der Waals surface area contributed by atoms with Gasteiger partial charge in [0.15, 0.2) is 0 Å². The van der Waals surface area contributed by atoms with Gasteiger partial charge in [-0.1, -0.05) is 14.9 Å². The van der Waals surface area contributed by atoms with Crippen LogP contribution in [0.15, 0.2) is 0 Å². The van der Waals surface area contributed by atoms with E-state index in [9.17, 15) is 0 Å². The molecule has 4 saturated heterocycles. The van der Waals surface area contributed by atoms with E-state index < -0.39 is 0 Å². The molecular weight excluding hydrogens is 324 g/mol. The summed E-state index contributed by atoms with van der Waals surface area (Å²) < 4.78 is 10.5. The van der Waals surface area contributed by atoms with Crippen LogP contribution in [-0.2, 0) is 9.47 Å². The lowest BCUT2D eigenvalue weighted by molar-refractivity contribution is -0.207. The van der Waals surface area contributed by atoms with Crippen LogP contribution in [0.3, 0.4) is 0 Å². The van der Waals surface area contributed by atoms with Crippen molar-refractivity contribution in [3.05, 3.63) is 0 Å². The van der Waals surface area contributed by atoms with Gasteiger partial charge in [0.25, 0.3) is 0 Å². The molecule has 2 spiro atoms. The van der Waals surface area contributed by atoms with Crippen LogP contribution in [0.4, 0.5) is 0 Å². The summed E-state index contributed by atoms with van der Waals surface area (Å²) in [5, 5.41) is 0. The highest BCUT2D eigenvalue weighted by molar-refractivity contribution is 5.02. The lowest BCUT2D eigenvalue weighted by Crippen LogP contribution is -2.69. The molecule has 0 saturated carbocycles. The van der Waals surface area contributed by atoms with Crippen molar-refractivity contribution in [1.29, 1.82) is 0 Å². The van der Waals surface area contributed by atoms with Gasteiger partial charge in [0, 0.05) is 35.0 Å². The second-order valence-corrected chi connectivity index (χ2v) is 10.7. The van der Waals surface area contributed by atoms with Crippen LogP contribution in [-0.4, -0.2) is 73.5 Å². The Kier molecular flexibility index (Phi) is 7.41. The average molecular weight is 371 g/mol. The zero-order valence-electron chi connectivity index (χ0n) is 16.8. The Bertz CT molecular complexity index is 424. The summed E-state index contributed by atoms with van der Waals surface area (Å²) in [6.45, 7) is 22.8. The van der Waals surface area contributed by atoms with Gasteiger partial charge in [-0.3, -0.25) is 9.80 Å². The predicted molar refractivity (Wildman–Crippen MR) is 112 cm³/mol. The minimum absolute atomic E-state index is 0. The van der Waals surface area contributed by atoms with Crippen LogP contribution in [0.2, 0.25) is 0 Å². The molecule has 4 aliphatic heterocycles. The molecule has 0 unspecified atom stereocenters. The molecule has 4 heteroatoms. The van der Waals surface area contributed by atoms with Crippen LogP contribution in [0.1, 0.15) is 69.2 Å². The molecule has 4 aliphatic rings. The van der Waals surface area contributed by atoms with Crippen LogP contribution < -0.4 is 0 Å². The van der Waals surface area contributed by atoms with Crippen molar-refractivity contribution in [1.82, 2.24) is 9.80 Å². The highest BCUT2D eigenvalue weighted by Crippen LogP contribution is 2.41. The first-order valence-electron chi connectivity index (χ1n) is 9.70. The van der Waals surface area contributed by atoms with Crippen molar-refractivity contribution in [2.24, 2.45) is 10.8 Å². The molecule has 0 bridgehead atoms. The molecule has 26 heavy (non-hydrogen) atoms. The average Bonchev–Trinajstić information content (AvgIpc) is 2.31. The molecule has 0 radical (unpaired) electrons. The van der Waals surface area contributed by atoms with Gasteiger partial charge >= 0.3 is 0 Å². The number of hydrogen-bond acceptors (Lipinski definition) is 4. The van der Waals surface area contributed by atoms with Gasteiger partial charge in [-0.2, -0.15) is 0 Å². The second-order valence-electron chi connectivity index (χ2n) is 10.7. The molecule has 0 aromatic heterocycles. The first-order valence-corrected chi connectivity index (χ1v) is 9.70. The molecule has 4 heterocycles. The molecule has 4 nitrogen and oxygen atoms in total. The van der Waals surface area contributed by atoms with Gasteiger partial charge in [-0.25, -0.2) is 0 Å². The topological polar surface area (TPSA) is 24.9 Å². The standard InChI is InChI=1S/C11H21NO.C9H17NO.2CH4/c1-10(2,3)12-6-4-11(5-7-12)8-13-9-11;1-8(2,3)10-4-9(5-10)6-11-7-9;;/h4-9H2,1-3H3;4-7H2,1-3H3;2*1H4. The fraction of sp³-hybridized carbons (Fsp3) is 1.00. The molecule has 0 aromatic rings.